The van der Waals surface area contributed by atoms with Crippen LogP contribution < -0.4 is 37.2 Å². The first kappa shape index (κ1) is 22.6. The van der Waals surface area contributed by atoms with Crippen LogP contribution in [-0.2, 0) is 25.9 Å². The van der Waals surface area contributed by atoms with Gasteiger partial charge in [-0.2, -0.15) is 0 Å². The molecule has 0 nitrogen and oxygen atoms in total. The quantitative estimate of drug-likeness (QED) is 0.463. The molecule has 1 aliphatic carbocycles. The Bertz CT molecular complexity index is 516. The number of hydrogen-bond acceptors (Lipinski definition) is 0. The van der Waals surface area contributed by atoms with Gasteiger partial charge in [0.05, 0.1) is 0 Å². The smallest absolute Gasteiger partial charge is 1.00 e. The van der Waals surface area contributed by atoms with E-state index in [4.69, 9.17) is 0 Å². The Morgan fingerprint density at radius 1 is 1.05 bits per heavy atom. The van der Waals surface area contributed by atoms with Crippen LogP contribution in [-0.4, -0.2) is 0 Å². The van der Waals surface area contributed by atoms with Crippen LogP contribution in [0.4, 0.5) is 0 Å². The van der Waals surface area contributed by atoms with Crippen LogP contribution in [0.5, 0.6) is 0 Å². The van der Waals surface area contributed by atoms with Crippen molar-refractivity contribution in [1.82, 2.24) is 0 Å². The fraction of sp³-hybridized carbons (Fsp3) is 0.375. The average molecular weight is 366 g/mol. The normalized spacial score (nSPS) is 13.5. The Kier molecular flexibility index (Phi) is 9.77. The van der Waals surface area contributed by atoms with Crippen molar-refractivity contribution in [3.63, 3.8) is 0 Å². The van der Waals surface area contributed by atoms with Crippen LogP contribution in [0.25, 0.3) is 0 Å². The van der Waals surface area contributed by atoms with Gasteiger partial charge in [0, 0.05) is 0 Å². The zero-order valence-corrected chi connectivity index (χ0v) is 16.1. The van der Waals surface area contributed by atoms with E-state index < -0.39 is 0 Å². The molecule has 0 saturated carbocycles. The third-order valence-corrected chi connectivity index (χ3v) is 4.47. The SMILES string of the molecule is Cc1ccc(C(C)(C)C2=[C]([Ti+3])C=CC2)c(C)c1.[Cl-].[Cl-].[Cl-]. The van der Waals surface area contributed by atoms with Crippen LogP contribution in [0, 0.1) is 13.8 Å². The van der Waals surface area contributed by atoms with Crippen molar-refractivity contribution < 1.29 is 57.7 Å². The van der Waals surface area contributed by atoms with E-state index in [0.29, 0.717) is 0 Å². The van der Waals surface area contributed by atoms with E-state index in [0.717, 1.165) is 6.42 Å². The zero-order chi connectivity index (χ0) is 12.6. The fourth-order valence-electron chi connectivity index (χ4n) is 2.77. The number of benzene rings is 1. The van der Waals surface area contributed by atoms with Crippen LogP contribution in [0.2, 0.25) is 0 Å². The van der Waals surface area contributed by atoms with E-state index in [1.54, 1.807) is 5.57 Å². The minimum atomic E-state index is 0. The molecule has 2 rings (SSSR count). The van der Waals surface area contributed by atoms with Gasteiger partial charge < -0.3 is 37.2 Å². The first-order valence-electron chi connectivity index (χ1n) is 6.12. The molecule has 0 radical (unpaired) electrons. The summed E-state index contributed by atoms with van der Waals surface area (Å²) in [5, 5.41) is 0. The fourth-order valence-corrected chi connectivity index (χ4v) is 3.61. The molecule has 4 heteroatoms. The van der Waals surface area contributed by atoms with Crippen LogP contribution in [0.15, 0.2) is 39.8 Å². The number of aryl methyl sites for hydroxylation is 2. The molecule has 0 amide bonds. The molecule has 0 aliphatic heterocycles. The molecule has 20 heavy (non-hydrogen) atoms. The van der Waals surface area contributed by atoms with E-state index in [-0.39, 0.29) is 42.6 Å². The van der Waals surface area contributed by atoms with Gasteiger partial charge in [0.25, 0.3) is 0 Å². The monoisotopic (exact) mass is 364 g/mol. The molecule has 0 unspecified atom stereocenters. The van der Waals surface area contributed by atoms with Gasteiger partial charge in [0.15, 0.2) is 0 Å². The predicted molar refractivity (Wildman–Crippen MR) is 69.7 cm³/mol. The van der Waals surface area contributed by atoms with E-state index in [2.05, 4.69) is 78.5 Å². The summed E-state index contributed by atoms with van der Waals surface area (Å²) < 4.78 is 1.44. The van der Waals surface area contributed by atoms with Crippen molar-refractivity contribution in [3.05, 3.63) is 56.5 Å². The van der Waals surface area contributed by atoms with Gasteiger partial charge in [-0.3, -0.25) is 0 Å². The van der Waals surface area contributed by atoms with E-state index in [1.807, 2.05) is 0 Å². The molecular weight excluding hydrogens is 346 g/mol. The van der Waals surface area contributed by atoms with Crippen molar-refractivity contribution in [2.24, 2.45) is 0 Å². The maximum atomic E-state index is 2.34. The Balaban J connectivity index is 0. The Morgan fingerprint density at radius 2 is 1.65 bits per heavy atom. The first-order chi connectivity index (χ1) is 7.93. The number of rotatable bonds is 2. The summed E-state index contributed by atoms with van der Waals surface area (Å²) in [5.74, 6) is 0. The maximum absolute atomic E-state index is 2.34. The average Bonchev–Trinajstić information content (AvgIpc) is 2.64. The first-order valence-corrected chi connectivity index (χ1v) is 6.90. The molecule has 1 aromatic rings. The molecule has 0 bridgehead atoms. The second-order valence-corrected chi connectivity index (χ2v) is 6.28. The Labute approximate surface area is 153 Å². The summed E-state index contributed by atoms with van der Waals surface area (Å²) >= 11 is 2.23. The van der Waals surface area contributed by atoms with Crippen molar-refractivity contribution in [2.75, 3.05) is 0 Å². The molecule has 0 N–H and O–H groups in total. The molecule has 0 aromatic heterocycles. The summed E-state index contributed by atoms with van der Waals surface area (Å²) in [7, 11) is 0. The molecule has 1 aliphatic rings. The van der Waals surface area contributed by atoms with E-state index >= 15 is 0 Å². The summed E-state index contributed by atoms with van der Waals surface area (Å²) in [6.07, 6.45) is 5.63. The van der Waals surface area contributed by atoms with Gasteiger partial charge in [-0.05, 0) is 0 Å². The molecule has 0 spiro atoms. The standard InChI is InChI=1S/C16H19.3ClH.Ti/c1-12-9-10-15(13(2)11-12)16(3,4)14-7-5-6-8-14;;;;/h5-6,9-11H,7H2,1-4H3;3*1H;/q;;;;+3/p-3. The van der Waals surface area contributed by atoms with Crippen molar-refractivity contribution in [1.29, 1.82) is 0 Å². The molecule has 0 atom stereocenters. The number of allylic oxidation sites excluding steroid dienone is 4. The molecular formula is C16H19Cl3Ti. The third-order valence-electron chi connectivity index (χ3n) is 3.74. The zero-order valence-electron chi connectivity index (χ0n) is 12.2. The molecule has 0 fully saturated rings. The molecule has 108 valence electrons. The van der Waals surface area contributed by atoms with E-state index in [1.165, 1.54) is 20.6 Å². The summed E-state index contributed by atoms with van der Waals surface area (Å²) in [5.41, 5.74) is 5.91. The van der Waals surface area contributed by atoms with E-state index in [9.17, 15) is 0 Å². The largest absolute Gasteiger partial charge is 1.00 e. The second-order valence-electron chi connectivity index (χ2n) is 5.44. The summed E-state index contributed by atoms with van der Waals surface area (Å²) in [6.45, 7) is 9.07. The second kappa shape index (κ2) is 8.66. The number of hydrogen-bond donors (Lipinski definition) is 0. The molecule has 0 heterocycles. The van der Waals surface area contributed by atoms with Gasteiger partial charge in [0.2, 0.25) is 0 Å². The van der Waals surface area contributed by atoms with Crippen molar-refractivity contribution in [2.45, 2.75) is 39.5 Å². The Morgan fingerprint density at radius 3 is 2.10 bits per heavy atom. The molecule has 1 aromatic carbocycles. The van der Waals surface area contributed by atoms with Gasteiger partial charge >= 0.3 is 116 Å². The van der Waals surface area contributed by atoms with Crippen LogP contribution in [0.1, 0.15) is 37.0 Å². The minimum absolute atomic E-state index is 0. The van der Waals surface area contributed by atoms with Gasteiger partial charge in [0.1, 0.15) is 0 Å². The number of halogens is 3. The predicted octanol–water partition coefficient (Wildman–Crippen LogP) is -4.65. The summed E-state index contributed by atoms with van der Waals surface area (Å²) in [6, 6.07) is 6.81. The third kappa shape index (κ3) is 4.39. The molecule has 0 saturated heterocycles. The Hall–Kier alpha value is 0.284. The van der Waals surface area contributed by atoms with Gasteiger partial charge in [-0.15, -0.1) is 0 Å². The van der Waals surface area contributed by atoms with Crippen LogP contribution in [0.3, 0.4) is 0 Å². The topological polar surface area (TPSA) is 0 Å². The van der Waals surface area contributed by atoms with Gasteiger partial charge in [-0.1, -0.05) is 0 Å². The van der Waals surface area contributed by atoms with Gasteiger partial charge in [-0.25, -0.2) is 0 Å². The maximum Gasteiger partial charge on any atom is -1.00 e. The summed E-state index contributed by atoms with van der Waals surface area (Å²) in [4.78, 5) is 0. The van der Waals surface area contributed by atoms with Crippen molar-refractivity contribution in [3.8, 4) is 0 Å². The minimum Gasteiger partial charge on any atom is -1.00 e. The van der Waals surface area contributed by atoms with Crippen LogP contribution >= 0.6 is 0 Å². The van der Waals surface area contributed by atoms with Crippen molar-refractivity contribution >= 4 is 0 Å².